The first kappa shape index (κ1) is 14.4. The molecule has 1 fully saturated rings. The number of amides is 1. The van der Waals surface area contributed by atoms with E-state index >= 15 is 0 Å². The van der Waals surface area contributed by atoms with E-state index in [0.717, 1.165) is 29.8 Å². The topological polar surface area (TPSA) is 63.2 Å². The van der Waals surface area contributed by atoms with Gasteiger partial charge in [0.1, 0.15) is 5.75 Å². The van der Waals surface area contributed by atoms with Crippen LogP contribution in [0.25, 0.3) is 0 Å². The molecule has 0 aliphatic heterocycles. The molecule has 1 aliphatic carbocycles. The summed E-state index contributed by atoms with van der Waals surface area (Å²) >= 11 is 0. The zero-order valence-corrected chi connectivity index (χ0v) is 12.5. The van der Waals surface area contributed by atoms with Gasteiger partial charge in [0, 0.05) is 25.0 Å². The van der Waals surface area contributed by atoms with E-state index in [1.54, 1.807) is 19.5 Å². The number of methoxy groups -OCH3 is 1. The molecule has 22 heavy (non-hydrogen) atoms. The molecule has 2 N–H and O–H groups in total. The van der Waals surface area contributed by atoms with Crippen molar-refractivity contribution in [3.8, 4) is 5.75 Å². The lowest BCUT2D eigenvalue weighted by atomic mass is 10.2. The number of ether oxygens (including phenoxy) is 1. The Bertz CT molecular complexity index is 651. The Balaban J connectivity index is 1.60. The second kappa shape index (κ2) is 6.47. The van der Waals surface area contributed by atoms with Crippen LogP contribution in [0.2, 0.25) is 0 Å². The highest BCUT2D eigenvalue weighted by molar-refractivity contribution is 5.95. The lowest BCUT2D eigenvalue weighted by Gasteiger charge is -2.09. The average Bonchev–Trinajstić information content (AvgIpc) is 3.37. The summed E-state index contributed by atoms with van der Waals surface area (Å²) in [5, 5.41) is 6.24. The molecular weight excluding hydrogens is 278 g/mol. The highest BCUT2D eigenvalue weighted by Gasteiger charge is 2.23. The van der Waals surface area contributed by atoms with Gasteiger partial charge in [0.15, 0.2) is 0 Å². The Labute approximate surface area is 129 Å². The molecule has 1 aliphatic rings. The molecule has 0 saturated heterocycles. The van der Waals surface area contributed by atoms with E-state index < -0.39 is 0 Å². The average molecular weight is 297 g/mol. The zero-order valence-electron chi connectivity index (χ0n) is 12.5. The van der Waals surface area contributed by atoms with Crippen molar-refractivity contribution in [3.63, 3.8) is 0 Å². The molecule has 1 aromatic carbocycles. The summed E-state index contributed by atoms with van der Waals surface area (Å²) in [7, 11) is 1.65. The molecule has 5 nitrogen and oxygen atoms in total. The van der Waals surface area contributed by atoms with Crippen LogP contribution in [0.3, 0.4) is 0 Å². The van der Waals surface area contributed by atoms with Gasteiger partial charge in [-0.1, -0.05) is 12.1 Å². The first-order chi connectivity index (χ1) is 10.7. The quantitative estimate of drug-likeness (QED) is 0.860. The van der Waals surface area contributed by atoms with E-state index in [2.05, 4.69) is 15.6 Å². The second-order valence-corrected chi connectivity index (χ2v) is 5.41. The molecule has 114 valence electrons. The van der Waals surface area contributed by atoms with Crippen molar-refractivity contribution in [2.24, 2.45) is 0 Å². The monoisotopic (exact) mass is 297 g/mol. The number of hydrogen-bond acceptors (Lipinski definition) is 4. The summed E-state index contributed by atoms with van der Waals surface area (Å²) in [6, 6.07) is 10.0. The van der Waals surface area contributed by atoms with Gasteiger partial charge in [0.2, 0.25) is 0 Å². The van der Waals surface area contributed by atoms with E-state index in [1.807, 2.05) is 30.3 Å². The number of nitrogens with one attached hydrogen (secondary N) is 2. The molecule has 0 atom stereocenters. The molecule has 0 spiro atoms. The first-order valence-electron chi connectivity index (χ1n) is 7.37. The number of anilines is 1. The summed E-state index contributed by atoms with van der Waals surface area (Å²) in [5.41, 5.74) is 2.56. The van der Waals surface area contributed by atoms with E-state index in [1.165, 1.54) is 0 Å². The number of carbonyl (C=O) groups excluding carboxylic acids is 1. The van der Waals surface area contributed by atoms with Crippen molar-refractivity contribution in [1.82, 2.24) is 10.3 Å². The third-order valence-corrected chi connectivity index (χ3v) is 3.57. The van der Waals surface area contributed by atoms with Gasteiger partial charge in [0.05, 0.1) is 18.4 Å². The molecule has 2 aromatic rings. The lowest BCUT2D eigenvalue weighted by molar-refractivity contribution is 0.0951. The van der Waals surface area contributed by atoms with E-state index in [-0.39, 0.29) is 5.91 Å². The molecule has 1 aromatic heterocycles. The Morgan fingerprint density at radius 2 is 2.05 bits per heavy atom. The number of carbonyl (C=O) groups is 1. The second-order valence-electron chi connectivity index (χ2n) is 5.41. The first-order valence-corrected chi connectivity index (χ1v) is 7.37. The minimum absolute atomic E-state index is 0.0527. The third kappa shape index (κ3) is 3.75. The van der Waals surface area contributed by atoms with Gasteiger partial charge in [-0.25, -0.2) is 0 Å². The number of pyridine rings is 1. The minimum atomic E-state index is -0.0527. The molecule has 0 radical (unpaired) electrons. The molecule has 1 amide bonds. The maximum atomic E-state index is 12.0. The SMILES string of the molecule is COc1ccc(CNc2cncc(C(=O)NC3CC3)c2)cc1. The van der Waals surface area contributed by atoms with Gasteiger partial charge in [-0.05, 0) is 36.6 Å². The molecule has 1 heterocycles. The van der Waals surface area contributed by atoms with Gasteiger partial charge in [-0.2, -0.15) is 0 Å². The van der Waals surface area contributed by atoms with Crippen molar-refractivity contribution in [2.75, 3.05) is 12.4 Å². The largest absolute Gasteiger partial charge is 0.497 e. The maximum Gasteiger partial charge on any atom is 0.253 e. The number of rotatable bonds is 6. The molecule has 0 unspecified atom stereocenters. The Kier molecular flexibility index (Phi) is 4.23. The predicted octanol–water partition coefficient (Wildman–Crippen LogP) is 2.59. The van der Waals surface area contributed by atoms with Crippen LogP contribution >= 0.6 is 0 Å². The Hall–Kier alpha value is -2.56. The van der Waals surface area contributed by atoms with Crippen LogP contribution in [-0.2, 0) is 6.54 Å². The van der Waals surface area contributed by atoms with Crippen molar-refractivity contribution in [2.45, 2.75) is 25.4 Å². The van der Waals surface area contributed by atoms with Gasteiger partial charge in [-0.15, -0.1) is 0 Å². The van der Waals surface area contributed by atoms with Gasteiger partial charge in [0.25, 0.3) is 5.91 Å². The summed E-state index contributed by atoms with van der Waals surface area (Å²) in [4.78, 5) is 16.1. The van der Waals surface area contributed by atoms with Gasteiger partial charge >= 0.3 is 0 Å². The van der Waals surface area contributed by atoms with E-state index in [0.29, 0.717) is 18.2 Å². The number of aromatic nitrogens is 1. The third-order valence-electron chi connectivity index (χ3n) is 3.57. The summed E-state index contributed by atoms with van der Waals surface area (Å²) < 4.78 is 5.14. The van der Waals surface area contributed by atoms with Crippen molar-refractivity contribution in [1.29, 1.82) is 0 Å². The minimum Gasteiger partial charge on any atom is -0.497 e. The molecule has 5 heteroatoms. The smallest absolute Gasteiger partial charge is 0.253 e. The predicted molar refractivity (Wildman–Crippen MR) is 85.0 cm³/mol. The maximum absolute atomic E-state index is 12.0. The molecule has 3 rings (SSSR count). The van der Waals surface area contributed by atoms with Gasteiger partial charge in [-0.3, -0.25) is 9.78 Å². The van der Waals surface area contributed by atoms with Crippen molar-refractivity contribution >= 4 is 11.6 Å². The standard InChI is InChI=1S/C17H19N3O2/c1-22-16-6-2-12(3-7-16)9-19-15-8-13(10-18-11-15)17(21)20-14-4-5-14/h2-3,6-8,10-11,14,19H,4-5,9H2,1H3,(H,20,21). The normalized spacial score (nSPS) is 13.5. The molecule has 1 saturated carbocycles. The van der Waals surface area contributed by atoms with Crippen LogP contribution in [0.1, 0.15) is 28.8 Å². The Morgan fingerprint density at radius 1 is 1.27 bits per heavy atom. The van der Waals surface area contributed by atoms with Crippen molar-refractivity contribution in [3.05, 3.63) is 53.9 Å². The highest BCUT2D eigenvalue weighted by Crippen LogP contribution is 2.20. The summed E-state index contributed by atoms with van der Waals surface area (Å²) in [6.45, 7) is 0.666. The fourth-order valence-corrected chi connectivity index (χ4v) is 2.10. The fourth-order valence-electron chi connectivity index (χ4n) is 2.10. The Morgan fingerprint density at radius 3 is 2.73 bits per heavy atom. The fraction of sp³-hybridized carbons (Fsp3) is 0.294. The van der Waals surface area contributed by atoms with E-state index in [4.69, 9.17) is 4.74 Å². The summed E-state index contributed by atoms with van der Waals surface area (Å²) in [5.74, 6) is 0.784. The molecule has 0 bridgehead atoms. The number of nitrogens with zero attached hydrogens (tertiary/aromatic N) is 1. The number of benzene rings is 1. The zero-order chi connectivity index (χ0) is 15.4. The number of hydrogen-bond donors (Lipinski definition) is 2. The van der Waals surface area contributed by atoms with Crippen LogP contribution in [0, 0.1) is 0 Å². The van der Waals surface area contributed by atoms with Crippen LogP contribution in [-0.4, -0.2) is 24.0 Å². The molecular formula is C17H19N3O2. The highest BCUT2D eigenvalue weighted by atomic mass is 16.5. The van der Waals surface area contributed by atoms with E-state index in [9.17, 15) is 4.79 Å². The van der Waals surface area contributed by atoms with Crippen LogP contribution in [0.4, 0.5) is 5.69 Å². The van der Waals surface area contributed by atoms with Crippen LogP contribution in [0.5, 0.6) is 5.75 Å². The summed E-state index contributed by atoms with van der Waals surface area (Å²) in [6.07, 6.45) is 5.47. The van der Waals surface area contributed by atoms with Gasteiger partial charge < -0.3 is 15.4 Å². The van der Waals surface area contributed by atoms with Crippen molar-refractivity contribution < 1.29 is 9.53 Å². The van der Waals surface area contributed by atoms with Crippen LogP contribution in [0.15, 0.2) is 42.7 Å². The van der Waals surface area contributed by atoms with Crippen LogP contribution < -0.4 is 15.4 Å². The lowest BCUT2D eigenvalue weighted by Crippen LogP contribution is -2.25.